The summed E-state index contributed by atoms with van der Waals surface area (Å²) in [5.41, 5.74) is 1.96. The van der Waals surface area contributed by atoms with Crippen molar-refractivity contribution >= 4 is 27.3 Å². The van der Waals surface area contributed by atoms with Gasteiger partial charge < -0.3 is 0 Å². The number of fused-ring (bicyclic) bond motifs is 3. The molecule has 3 aromatic rings. The van der Waals surface area contributed by atoms with Crippen molar-refractivity contribution in [2.45, 2.75) is 32.7 Å². The first kappa shape index (κ1) is 14.3. The van der Waals surface area contributed by atoms with Gasteiger partial charge in [-0.15, -0.1) is 11.3 Å². The fraction of sp³-hybridized carbons (Fsp3) is 0.278. The predicted molar refractivity (Wildman–Crippen MR) is 91.4 cm³/mol. The number of rotatable bonds is 2. The second-order valence-electron chi connectivity index (χ2n) is 5.90. The Bertz CT molecular complexity index is 970. The van der Waals surface area contributed by atoms with E-state index in [9.17, 15) is 9.59 Å². The third-order valence-electron chi connectivity index (χ3n) is 4.37. The first-order valence-electron chi connectivity index (χ1n) is 7.75. The van der Waals surface area contributed by atoms with Gasteiger partial charge in [0.05, 0.1) is 16.8 Å². The first-order valence-corrected chi connectivity index (χ1v) is 8.56. The van der Waals surface area contributed by atoms with Crippen molar-refractivity contribution < 1.29 is 4.79 Å². The highest BCUT2D eigenvalue weighted by Gasteiger charge is 2.25. The van der Waals surface area contributed by atoms with Gasteiger partial charge in [0, 0.05) is 6.42 Å². The Kier molecular flexibility index (Phi) is 3.38. The minimum atomic E-state index is -0.0245. The zero-order valence-electron chi connectivity index (χ0n) is 12.8. The Morgan fingerprint density at radius 3 is 2.74 bits per heavy atom. The molecule has 23 heavy (non-hydrogen) atoms. The van der Waals surface area contributed by atoms with Crippen molar-refractivity contribution in [2.24, 2.45) is 0 Å². The third-order valence-corrected chi connectivity index (χ3v) is 5.54. The van der Waals surface area contributed by atoms with Gasteiger partial charge in [0.2, 0.25) is 0 Å². The van der Waals surface area contributed by atoms with Gasteiger partial charge in [-0.25, -0.2) is 4.98 Å². The van der Waals surface area contributed by atoms with Crippen molar-refractivity contribution in [3.8, 4) is 0 Å². The lowest BCUT2D eigenvalue weighted by atomic mass is 9.96. The van der Waals surface area contributed by atoms with Gasteiger partial charge >= 0.3 is 0 Å². The van der Waals surface area contributed by atoms with E-state index < -0.39 is 0 Å². The molecule has 1 aliphatic carbocycles. The SMILES string of the molecule is Cc1nc2sc3c(c2c(=O)n1Cc1ccccc1)CCCC3=O. The number of hydrogen-bond acceptors (Lipinski definition) is 4. The molecule has 0 radical (unpaired) electrons. The molecular weight excluding hydrogens is 308 g/mol. The Balaban J connectivity index is 1.93. The van der Waals surface area contributed by atoms with Gasteiger partial charge in [-0.05, 0) is 30.9 Å². The number of carbonyl (C=O) groups is 1. The summed E-state index contributed by atoms with van der Waals surface area (Å²) in [4.78, 5) is 31.2. The molecular formula is C18H16N2O2S. The van der Waals surface area contributed by atoms with Crippen molar-refractivity contribution in [3.05, 3.63) is 62.5 Å². The van der Waals surface area contributed by atoms with Crippen molar-refractivity contribution in [1.82, 2.24) is 9.55 Å². The summed E-state index contributed by atoms with van der Waals surface area (Å²) >= 11 is 1.38. The van der Waals surface area contributed by atoms with Gasteiger partial charge in [-0.2, -0.15) is 0 Å². The molecule has 0 spiro atoms. The zero-order chi connectivity index (χ0) is 16.0. The van der Waals surface area contributed by atoms with Crippen LogP contribution in [0.4, 0.5) is 0 Å². The molecule has 2 heterocycles. The van der Waals surface area contributed by atoms with E-state index in [-0.39, 0.29) is 11.3 Å². The largest absolute Gasteiger partial charge is 0.293 e. The molecule has 0 unspecified atom stereocenters. The zero-order valence-corrected chi connectivity index (χ0v) is 13.7. The minimum absolute atomic E-state index is 0.0245. The van der Waals surface area contributed by atoms with Crippen molar-refractivity contribution in [3.63, 3.8) is 0 Å². The van der Waals surface area contributed by atoms with Crippen LogP contribution in [0.1, 0.15) is 39.5 Å². The van der Waals surface area contributed by atoms with Gasteiger partial charge in [-0.3, -0.25) is 14.2 Å². The number of ketones is 1. The maximum absolute atomic E-state index is 13.0. The Morgan fingerprint density at radius 2 is 1.96 bits per heavy atom. The minimum Gasteiger partial charge on any atom is -0.293 e. The van der Waals surface area contributed by atoms with E-state index in [1.807, 2.05) is 37.3 Å². The summed E-state index contributed by atoms with van der Waals surface area (Å²) in [6.45, 7) is 2.36. The Morgan fingerprint density at radius 1 is 1.17 bits per heavy atom. The molecule has 0 atom stereocenters. The monoisotopic (exact) mass is 324 g/mol. The van der Waals surface area contributed by atoms with E-state index >= 15 is 0 Å². The molecule has 0 N–H and O–H groups in total. The number of carbonyl (C=O) groups excluding carboxylic acids is 1. The highest BCUT2D eigenvalue weighted by atomic mass is 32.1. The van der Waals surface area contributed by atoms with Crippen LogP contribution < -0.4 is 5.56 Å². The summed E-state index contributed by atoms with van der Waals surface area (Å²) in [6.07, 6.45) is 2.20. The van der Waals surface area contributed by atoms with Gasteiger partial charge in [0.15, 0.2) is 5.78 Å². The molecule has 4 nitrogen and oxygen atoms in total. The van der Waals surface area contributed by atoms with Crippen LogP contribution in [-0.4, -0.2) is 15.3 Å². The second-order valence-corrected chi connectivity index (χ2v) is 6.90. The number of Topliss-reactive ketones (excluding diaryl/α,β-unsaturated/α-hetero) is 1. The molecule has 5 heteroatoms. The molecule has 0 saturated carbocycles. The standard InChI is InChI=1S/C18H16N2O2S/c1-11-19-17-15(13-8-5-9-14(21)16(13)23-17)18(22)20(11)10-12-6-3-2-4-7-12/h2-4,6-7H,5,8-10H2,1H3. The van der Waals surface area contributed by atoms with Crippen molar-refractivity contribution in [1.29, 1.82) is 0 Å². The van der Waals surface area contributed by atoms with E-state index in [2.05, 4.69) is 4.98 Å². The lowest BCUT2D eigenvalue weighted by Crippen LogP contribution is -2.25. The Labute approximate surface area is 137 Å². The number of aryl methyl sites for hydroxylation is 2. The number of hydrogen-bond donors (Lipinski definition) is 0. The number of aromatic nitrogens is 2. The fourth-order valence-electron chi connectivity index (χ4n) is 3.20. The summed E-state index contributed by atoms with van der Waals surface area (Å²) < 4.78 is 1.71. The van der Waals surface area contributed by atoms with E-state index in [1.165, 1.54) is 11.3 Å². The molecule has 1 aromatic carbocycles. The summed E-state index contributed by atoms with van der Waals surface area (Å²) in [6, 6.07) is 9.90. The highest BCUT2D eigenvalue weighted by molar-refractivity contribution is 7.20. The molecule has 2 aromatic heterocycles. The summed E-state index contributed by atoms with van der Waals surface area (Å²) in [5.74, 6) is 0.846. The smallest absolute Gasteiger partial charge is 0.262 e. The third kappa shape index (κ3) is 2.32. The lowest BCUT2D eigenvalue weighted by molar-refractivity contribution is 0.0977. The second kappa shape index (κ2) is 5.42. The molecule has 116 valence electrons. The predicted octanol–water partition coefficient (Wildman–Crippen LogP) is 3.33. The lowest BCUT2D eigenvalue weighted by Gasteiger charge is -2.11. The highest BCUT2D eigenvalue weighted by Crippen LogP contribution is 2.33. The topological polar surface area (TPSA) is 52.0 Å². The van der Waals surface area contributed by atoms with Crippen LogP contribution in [0.5, 0.6) is 0 Å². The molecule has 4 rings (SSSR count). The molecule has 0 amide bonds. The van der Waals surface area contributed by atoms with Crippen LogP contribution in [0.3, 0.4) is 0 Å². The van der Waals surface area contributed by atoms with E-state index in [4.69, 9.17) is 0 Å². The summed E-state index contributed by atoms with van der Waals surface area (Å²) in [7, 11) is 0. The first-order chi connectivity index (χ1) is 11.1. The van der Waals surface area contributed by atoms with Crippen LogP contribution >= 0.6 is 11.3 Å². The molecule has 0 fully saturated rings. The van der Waals surface area contributed by atoms with Crippen LogP contribution in [0, 0.1) is 6.92 Å². The van der Waals surface area contributed by atoms with Gasteiger partial charge in [0.1, 0.15) is 10.7 Å². The maximum Gasteiger partial charge on any atom is 0.262 e. The van der Waals surface area contributed by atoms with E-state index in [0.29, 0.717) is 29.0 Å². The molecule has 0 bridgehead atoms. The van der Waals surface area contributed by atoms with Crippen LogP contribution in [0.2, 0.25) is 0 Å². The maximum atomic E-state index is 13.0. The van der Waals surface area contributed by atoms with Crippen molar-refractivity contribution in [2.75, 3.05) is 0 Å². The normalized spacial score (nSPS) is 14.2. The number of benzene rings is 1. The van der Waals surface area contributed by atoms with Crippen LogP contribution in [0.25, 0.3) is 10.2 Å². The van der Waals surface area contributed by atoms with Gasteiger partial charge in [-0.1, -0.05) is 30.3 Å². The average molecular weight is 324 g/mol. The molecule has 0 aliphatic heterocycles. The Hall–Kier alpha value is -2.27. The number of thiophene rings is 1. The van der Waals surface area contributed by atoms with E-state index in [0.717, 1.165) is 28.8 Å². The molecule has 0 saturated heterocycles. The van der Waals surface area contributed by atoms with Gasteiger partial charge in [0.25, 0.3) is 5.56 Å². The number of nitrogens with zero attached hydrogens (tertiary/aromatic N) is 2. The van der Waals surface area contributed by atoms with E-state index in [1.54, 1.807) is 4.57 Å². The summed E-state index contributed by atoms with van der Waals surface area (Å²) in [5, 5.41) is 0.652. The average Bonchev–Trinajstić information content (AvgIpc) is 2.92. The van der Waals surface area contributed by atoms with Crippen LogP contribution in [0.15, 0.2) is 35.1 Å². The quantitative estimate of drug-likeness (QED) is 0.726. The van der Waals surface area contributed by atoms with Crippen LogP contribution in [-0.2, 0) is 13.0 Å². The fourth-order valence-corrected chi connectivity index (χ4v) is 4.42. The molecule has 1 aliphatic rings.